The highest BCUT2D eigenvalue weighted by Gasteiger charge is 2.25. The Morgan fingerprint density at radius 3 is 0.944 bits per heavy atom. The summed E-state index contributed by atoms with van der Waals surface area (Å²) in [6, 6.07) is 6.25. The summed E-state index contributed by atoms with van der Waals surface area (Å²) in [5, 5.41) is 0. The van der Waals surface area contributed by atoms with E-state index in [1.165, 1.54) is 12.1 Å². The van der Waals surface area contributed by atoms with Crippen molar-refractivity contribution in [2.45, 2.75) is 0 Å². The predicted octanol–water partition coefficient (Wildman–Crippen LogP) is 9.21. The molecule has 0 aliphatic rings. The Kier molecular flexibility index (Phi) is 7.10. The zero-order valence-electron chi connectivity index (χ0n) is 17.2. The first-order chi connectivity index (χ1) is 17.0. The lowest BCUT2D eigenvalue weighted by molar-refractivity contribution is 0.377. The number of thiophene rings is 2. The Morgan fingerprint density at radius 2 is 0.639 bits per heavy atom. The van der Waals surface area contributed by atoms with E-state index in [2.05, 4.69) is 0 Å². The molecule has 2 aromatic heterocycles. The van der Waals surface area contributed by atoms with Crippen LogP contribution in [0, 0.1) is 58.2 Å². The van der Waals surface area contributed by atoms with Crippen LogP contribution in [0.25, 0.3) is 34.1 Å². The molecule has 0 saturated carbocycles. The minimum absolute atomic E-state index is 0.404. The van der Waals surface area contributed by atoms with E-state index in [4.69, 9.17) is 0 Å². The van der Waals surface area contributed by atoms with E-state index >= 15 is 0 Å². The Balaban J connectivity index is 1.57. The molecule has 0 atom stereocenters. The van der Waals surface area contributed by atoms with Crippen molar-refractivity contribution in [3.8, 4) is 9.75 Å². The summed E-state index contributed by atoms with van der Waals surface area (Å²) in [7, 11) is 0. The maximum absolute atomic E-state index is 13.8. The number of hydrogen-bond donors (Lipinski definition) is 0. The van der Waals surface area contributed by atoms with E-state index in [1.54, 1.807) is 12.1 Å². The first kappa shape index (κ1) is 25.7. The van der Waals surface area contributed by atoms with E-state index in [1.807, 2.05) is 0 Å². The summed E-state index contributed by atoms with van der Waals surface area (Å²) in [5.74, 6) is -20.7. The average molecular weight is 550 g/mol. The van der Waals surface area contributed by atoms with E-state index < -0.39 is 69.3 Å². The normalized spacial score (nSPS) is 11.9. The molecule has 36 heavy (non-hydrogen) atoms. The van der Waals surface area contributed by atoms with Gasteiger partial charge in [-0.2, -0.15) is 0 Å². The van der Waals surface area contributed by atoms with Crippen molar-refractivity contribution in [3.63, 3.8) is 0 Å². The molecule has 0 nitrogen and oxygen atoms in total. The van der Waals surface area contributed by atoms with E-state index in [0.29, 0.717) is 19.5 Å². The van der Waals surface area contributed by atoms with Gasteiger partial charge in [-0.05, 0) is 48.6 Å². The molecule has 0 amide bonds. The fourth-order valence-electron chi connectivity index (χ4n) is 3.02. The maximum atomic E-state index is 13.8. The van der Waals surface area contributed by atoms with Gasteiger partial charge in [0.25, 0.3) is 0 Å². The molecule has 4 rings (SSSR count). The van der Waals surface area contributed by atoms with Gasteiger partial charge < -0.3 is 0 Å². The van der Waals surface area contributed by atoms with Gasteiger partial charge >= 0.3 is 0 Å². The topological polar surface area (TPSA) is 0 Å². The van der Waals surface area contributed by atoms with Crippen LogP contribution in [0.1, 0.15) is 20.9 Å². The SMILES string of the molecule is Fc1c(F)c(F)c(/C=C/c2ccc(-c3ccc(/C=C/c4c(F)c(F)c(F)c(F)c4F)s3)s2)c(F)c1F. The van der Waals surface area contributed by atoms with Crippen LogP contribution in [0.5, 0.6) is 0 Å². The molecule has 0 aliphatic carbocycles. The molecular weight excluding hydrogens is 542 g/mol. The Labute approximate surface area is 204 Å². The Bertz CT molecular complexity index is 1370. The third-order valence-electron chi connectivity index (χ3n) is 4.81. The quantitative estimate of drug-likeness (QED) is 0.132. The third kappa shape index (κ3) is 4.58. The maximum Gasteiger partial charge on any atom is 0.200 e. The zero-order chi connectivity index (χ0) is 26.3. The van der Waals surface area contributed by atoms with Gasteiger partial charge in [-0.3, -0.25) is 0 Å². The number of hydrogen-bond acceptors (Lipinski definition) is 2. The molecule has 2 aromatic carbocycles. The second-order valence-electron chi connectivity index (χ2n) is 7.04. The molecule has 0 bridgehead atoms. The molecule has 4 aromatic rings. The summed E-state index contributed by atoms with van der Waals surface area (Å²) in [6.07, 6.45) is 3.81. The number of benzene rings is 2. The highest BCUT2D eigenvalue weighted by Crippen LogP contribution is 2.36. The fourth-order valence-corrected chi connectivity index (χ4v) is 4.93. The van der Waals surface area contributed by atoms with Crippen LogP contribution < -0.4 is 0 Å². The van der Waals surface area contributed by atoms with Crippen LogP contribution in [0.3, 0.4) is 0 Å². The minimum atomic E-state index is -2.26. The molecule has 186 valence electrons. The van der Waals surface area contributed by atoms with Crippen LogP contribution in [0.2, 0.25) is 0 Å². The van der Waals surface area contributed by atoms with Gasteiger partial charge in [-0.15, -0.1) is 22.7 Å². The standard InChI is InChI=1S/C24H8F10S2/c25-15-11(16(26)20(30)23(33)19(15)29)5-1-9-3-7-13(35-9)14-8-4-10(36-14)2-6-12-17(27)21(31)24(34)22(32)18(12)28/h1-8H/b5-1+,6-2+. The Morgan fingerprint density at radius 1 is 0.361 bits per heavy atom. The number of rotatable bonds is 5. The third-order valence-corrected chi connectivity index (χ3v) is 7.11. The summed E-state index contributed by atoms with van der Waals surface area (Å²) in [6.45, 7) is 0. The second kappa shape index (κ2) is 9.94. The van der Waals surface area contributed by atoms with Crippen molar-refractivity contribution >= 4 is 47.0 Å². The molecule has 12 heteroatoms. The van der Waals surface area contributed by atoms with E-state index in [9.17, 15) is 43.9 Å². The van der Waals surface area contributed by atoms with E-state index in [0.717, 1.165) is 47.0 Å². The zero-order valence-corrected chi connectivity index (χ0v) is 18.8. The number of halogens is 10. The highest BCUT2D eigenvalue weighted by atomic mass is 32.1. The van der Waals surface area contributed by atoms with Gasteiger partial charge in [-0.25, -0.2) is 43.9 Å². The molecule has 0 unspecified atom stereocenters. The highest BCUT2D eigenvalue weighted by molar-refractivity contribution is 7.23. The first-order valence-corrected chi connectivity index (χ1v) is 11.2. The smallest absolute Gasteiger partial charge is 0.200 e. The lowest BCUT2D eigenvalue weighted by Crippen LogP contribution is -2.03. The van der Waals surface area contributed by atoms with Crippen LogP contribution in [0.15, 0.2) is 24.3 Å². The van der Waals surface area contributed by atoms with Crippen LogP contribution in [-0.4, -0.2) is 0 Å². The molecule has 0 aliphatic heterocycles. The van der Waals surface area contributed by atoms with Crippen molar-refractivity contribution in [2.24, 2.45) is 0 Å². The lowest BCUT2D eigenvalue weighted by Gasteiger charge is -2.03. The second-order valence-corrected chi connectivity index (χ2v) is 9.27. The van der Waals surface area contributed by atoms with Gasteiger partial charge in [0.1, 0.15) is 0 Å². The largest absolute Gasteiger partial charge is 0.203 e. The van der Waals surface area contributed by atoms with Crippen molar-refractivity contribution in [1.82, 2.24) is 0 Å². The van der Waals surface area contributed by atoms with Gasteiger partial charge in [0.05, 0.1) is 11.1 Å². The van der Waals surface area contributed by atoms with Crippen molar-refractivity contribution in [2.75, 3.05) is 0 Å². The molecule has 0 fully saturated rings. The molecule has 0 saturated heterocycles. The molecule has 0 N–H and O–H groups in total. The van der Waals surface area contributed by atoms with E-state index in [-0.39, 0.29) is 0 Å². The monoisotopic (exact) mass is 550 g/mol. The summed E-state index contributed by atoms with van der Waals surface area (Å²) in [4.78, 5) is 2.04. The lowest BCUT2D eigenvalue weighted by atomic mass is 10.1. The van der Waals surface area contributed by atoms with Crippen LogP contribution in [-0.2, 0) is 0 Å². The van der Waals surface area contributed by atoms with Crippen molar-refractivity contribution < 1.29 is 43.9 Å². The van der Waals surface area contributed by atoms with Gasteiger partial charge in [0.15, 0.2) is 46.5 Å². The molecule has 0 radical (unpaired) electrons. The first-order valence-electron chi connectivity index (χ1n) is 9.60. The van der Waals surface area contributed by atoms with Gasteiger partial charge in [-0.1, -0.05) is 0 Å². The van der Waals surface area contributed by atoms with Crippen molar-refractivity contribution in [1.29, 1.82) is 0 Å². The van der Waals surface area contributed by atoms with Gasteiger partial charge in [0.2, 0.25) is 11.6 Å². The fraction of sp³-hybridized carbons (Fsp3) is 0. The van der Waals surface area contributed by atoms with Crippen molar-refractivity contribution in [3.05, 3.63) is 103 Å². The minimum Gasteiger partial charge on any atom is -0.203 e. The molecular formula is C24H8F10S2. The molecule has 2 heterocycles. The summed E-state index contributed by atoms with van der Waals surface area (Å²) in [5.41, 5.74) is -2.20. The predicted molar refractivity (Wildman–Crippen MR) is 118 cm³/mol. The van der Waals surface area contributed by atoms with Crippen LogP contribution in [0.4, 0.5) is 43.9 Å². The average Bonchev–Trinajstić information content (AvgIpc) is 3.53. The van der Waals surface area contributed by atoms with Crippen LogP contribution >= 0.6 is 22.7 Å². The molecule has 0 spiro atoms. The van der Waals surface area contributed by atoms with Gasteiger partial charge in [0, 0.05) is 19.5 Å². The summed E-state index contributed by atoms with van der Waals surface area (Å²) < 4.78 is 135. The summed E-state index contributed by atoms with van der Waals surface area (Å²) >= 11 is 2.20. The Hall–Kier alpha value is -3.38.